The maximum atomic E-state index is 11.5. The van der Waals surface area contributed by atoms with Crippen LogP contribution in [0.1, 0.15) is 41.5 Å². The molecule has 0 spiro atoms. The predicted molar refractivity (Wildman–Crippen MR) is 71.6 cm³/mol. The Labute approximate surface area is 113 Å². The van der Waals surface area contributed by atoms with Crippen molar-refractivity contribution < 1.29 is 23.8 Å². The van der Waals surface area contributed by atoms with Gasteiger partial charge in [-0.15, -0.1) is 0 Å². The van der Waals surface area contributed by atoms with Crippen LogP contribution < -0.4 is 4.74 Å². The summed E-state index contributed by atoms with van der Waals surface area (Å²) in [5.41, 5.74) is 0.412. The van der Waals surface area contributed by atoms with Crippen molar-refractivity contribution in [1.29, 1.82) is 0 Å². The Kier molecular flexibility index (Phi) is 8.00. The van der Waals surface area contributed by atoms with Crippen molar-refractivity contribution in [2.75, 3.05) is 20.8 Å². The molecule has 5 nitrogen and oxygen atoms in total. The number of para-hydroxylation sites is 1. The number of esters is 2. The number of carbonyl (C=O) groups excluding carboxylic acids is 2. The van der Waals surface area contributed by atoms with Crippen molar-refractivity contribution in [3.8, 4) is 5.75 Å². The summed E-state index contributed by atoms with van der Waals surface area (Å²) in [5.74, 6) is -0.924. The van der Waals surface area contributed by atoms with Crippen LogP contribution in [0.2, 0.25) is 0 Å². The first kappa shape index (κ1) is 17.0. The third-order valence-corrected chi connectivity index (χ3v) is 2.11. The van der Waals surface area contributed by atoms with Gasteiger partial charge in [0.25, 0.3) is 0 Å². The topological polar surface area (TPSA) is 61.8 Å². The minimum atomic E-state index is -0.556. The van der Waals surface area contributed by atoms with E-state index in [1.54, 1.807) is 13.0 Å². The summed E-state index contributed by atoms with van der Waals surface area (Å²) in [6.07, 6.45) is 0. The van der Waals surface area contributed by atoms with E-state index in [0.717, 1.165) is 0 Å². The van der Waals surface area contributed by atoms with E-state index in [2.05, 4.69) is 9.47 Å². The van der Waals surface area contributed by atoms with Crippen LogP contribution in [0.4, 0.5) is 0 Å². The number of hydrogen-bond donors (Lipinski definition) is 0. The van der Waals surface area contributed by atoms with Crippen molar-refractivity contribution in [3.63, 3.8) is 0 Å². The number of rotatable bonds is 4. The van der Waals surface area contributed by atoms with E-state index in [9.17, 15) is 9.59 Å². The normalized spacial score (nSPS) is 8.89. The van der Waals surface area contributed by atoms with Crippen molar-refractivity contribution in [2.45, 2.75) is 20.8 Å². The quantitative estimate of drug-likeness (QED) is 0.786. The van der Waals surface area contributed by atoms with E-state index in [0.29, 0.717) is 6.61 Å². The zero-order chi connectivity index (χ0) is 14.8. The number of methoxy groups -OCH3 is 2. The molecule has 0 saturated carbocycles. The molecule has 0 heterocycles. The summed E-state index contributed by atoms with van der Waals surface area (Å²) < 4.78 is 14.6. The highest BCUT2D eigenvalue weighted by Crippen LogP contribution is 2.25. The average Bonchev–Trinajstić information content (AvgIpc) is 2.48. The Balaban J connectivity index is 0.00000154. The fraction of sp³-hybridized carbons (Fsp3) is 0.429. The molecule has 0 aromatic heterocycles. The lowest BCUT2D eigenvalue weighted by Crippen LogP contribution is -2.11. The molecule has 0 N–H and O–H groups in total. The molecule has 5 heteroatoms. The monoisotopic (exact) mass is 268 g/mol. The molecule has 0 atom stereocenters. The van der Waals surface area contributed by atoms with E-state index in [4.69, 9.17) is 4.74 Å². The van der Waals surface area contributed by atoms with Gasteiger partial charge < -0.3 is 14.2 Å². The average molecular weight is 268 g/mol. The predicted octanol–water partition coefficient (Wildman–Crippen LogP) is 2.68. The van der Waals surface area contributed by atoms with Gasteiger partial charge in [-0.25, -0.2) is 9.59 Å². The second-order valence-corrected chi connectivity index (χ2v) is 3.10. The highest BCUT2D eigenvalue weighted by molar-refractivity contribution is 6.00. The number of carbonyl (C=O) groups is 2. The van der Waals surface area contributed by atoms with Gasteiger partial charge in [-0.05, 0) is 19.1 Å². The fourth-order valence-corrected chi connectivity index (χ4v) is 1.38. The Morgan fingerprint density at radius 3 is 1.74 bits per heavy atom. The molecule has 1 aromatic rings. The summed E-state index contributed by atoms with van der Waals surface area (Å²) in [6.45, 7) is 6.09. The molecule has 1 aromatic carbocycles. The van der Waals surface area contributed by atoms with Crippen LogP contribution in [-0.2, 0) is 9.47 Å². The smallest absolute Gasteiger partial charge is 0.341 e. The van der Waals surface area contributed by atoms with Gasteiger partial charge in [-0.3, -0.25) is 0 Å². The van der Waals surface area contributed by atoms with E-state index >= 15 is 0 Å². The Morgan fingerprint density at radius 1 is 1.00 bits per heavy atom. The third-order valence-electron chi connectivity index (χ3n) is 2.11. The van der Waals surface area contributed by atoms with E-state index in [1.165, 1.54) is 26.4 Å². The molecule has 0 radical (unpaired) electrons. The Morgan fingerprint density at radius 2 is 1.42 bits per heavy atom. The summed E-state index contributed by atoms with van der Waals surface area (Å²) in [7, 11) is 2.53. The molecule has 0 amide bonds. The highest BCUT2D eigenvalue weighted by Gasteiger charge is 2.20. The summed E-state index contributed by atoms with van der Waals surface area (Å²) in [5, 5.41) is 0. The molecule has 1 rings (SSSR count). The lowest BCUT2D eigenvalue weighted by atomic mass is 10.1. The molecule has 0 fully saturated rings. The summed E-state index contributed by atoms with van der Waals surface area (Å²) in [6, 6.07) is 4.63. The molecule has 106 valence electrons. The zero-order valence-electron chi connectivity index (χ0n) is 12.0. The van der Waals surface area contributed by atoms with Crippen LogP contribution in [0.25, 0.3) is 0 Å². The van der Waals surface area contributed by atoms with Gasteiger partial charge in [0.05, 0.1) is 20.8 Å². The van der Waals surface area contributed by atoms with Crippen LogP contribution >= 0.6 is 0 Å². The molecule has 0 aliphatic rings. The summed E-state index contributed by atoms with van der Waals surface area (Å²) >= 11 is 0. The van der Waals surface area contributed by atoms with Gasteiger partial charge in [-0.1, -0.05) is 19.9 Å². The second kappa shape index (κ2) is 8.97. The largest absolute Gasteiger partial charge is 0.492 e. The van der Waals surface area contributed by atoms with Crippen LogP contribution in [-0.4, -0.2) is 32.8 Å². The van der Waals surface area contributed by atoms with E-state index in [1.807, 2.05) is 13.8 Å². The Hall–Kier alpha value is -2.04. The first-order valence-corrected chi connectivity index (χ1v) is 6.08. The van der Waals surface area contributed by atoms with Gasteiger partial charge in [-0.2, -0.15) is 0 Å². The second-order valence-electron chi connectivity index (χ2n) is 3.10. The molecular weight excluding hydrogens is 248 g/mol. The maximum absolute atomic E-state index is 11.5. The zero-order valence-corrected chi connectivity index (χ0v) is 12.0. The van der Waals surface area contributed by atoms with Crippen LogP contribution in [0.5, 0.6) is 5.75 Å². The lowest BCUT2D eigenvalue weighted by Gasteiger charge is -2.12. The van der Waals surface area contributed by atoms with Crippen molar-refractivity contribution in [2.24, 2.45) is 0 Å². The van der Waals surface area contributed by atoms with Crippen LogP contribution in [0, 0.1) is 0 Å². The number of benzene rings is 1. The minimum Gasteiger partial charge on any atom is -0.492 e. The first-order chi connectivity index (χ1) is 9.15. The van der Waals surface area contributed by atoms with Crippen molar-refractivity contribution >= 4 is 11.9 Å². The number of ether oxygens (including phenoxy) is 3. The summed E-state index contributed by atoms with van der Waals surface area (Å²) in [4.78, 5) is 23.0. The standard InChI is InChI=1S/C12H14O5.C2H6/c1-4-17-10-8(11(13)15-2)6-5-7-9(10)12(14)16-3;1-2/h5-7H,4H2,1-3H3;1-2H3. The lowest BCUT2D eigenvalue weighted by molar-refractivity contribution is 0.0590. The Bertz CT molecular complexity index is 392. The molecule has 0 aliphatic carbocycles. The third kappa shape index (κ3) is 4.28. The van der Waals surface area contributed by atoms with E-state index < -0.39 is 11.9 Å². The van der Waals surface area contributed by atoms with Gasteiger partial charge >= 0.3 is 11.9 Å². The molecule has 19 heavy (non-hydrogen) atoms. The maximum Gasteiger partial charge on any atom is 0.341 e. The van der Waals surface area contributed by atoms with Gasteiger partial charge in [0.15, 0.2) is 0 Å². The minimum absolute atomic E-state index is 0.189. The highest BCUT2D eigenvalue weighted by atomic mass is 16.5. The van der Waals surface area contributed by atoms with Crippen LogP contribution in [0.15, 0.2) is 18.2 Å². The van der Waals surface area contributed by atoms with Gasteiger partial charge in [0.2, 0.25) is 0 Å². The fourth-order valence-electron chi connectivity index (χ4n) is 1.38. The first-order valence-electron chi connectivity index (χ1n) is 6.08. The van der Waals surface area contributed by atoms with Crippen molar-refractivity contribution in [1.82, 2.24) is 0 Å². The molecule has 0 aliphatic heterocycles. The van der Waals surface area contributed by atoms with Gasteiger partial charge in [0, 0.05) is 0 Å². The van der Waals surface area contributed by atoms with Crippen LogP contribution in [0.3, 0.4) is 0 Å². The van der Waals surface area contributed by atoms with E-state index in [-0.39, 0.29) is 16.9 Å². The molecule has 0 bridgehead atoms. The number of hydrogen-bond acceptors (Lipinski definition) is 5. The SMILES string of the molecule is CC.CCOc1c(C(=O)OC)cccc1C(=O)OC. The van der Waals surface area contributed by atoms with Crippen molar-refractivity contribution in [3.05, 3.63) is 29.3 Å². The van der Waals surface area contributed by atoms with Gasteiger partial charge in [0.1, 0.15) is 16.9 Å². The molecule has 0 unspecified atom stereocenters. The molecule has 0 saturated heterocycles. The molecular formula is C14H20O5.